The SMILES string of the molecule is OC1CCCC1CNc1nnc(Br)s1. The molecule has 2 N–H and O–H groups in total. The Morgan fingerprint density at radius 2 is 2.36 bits per heavy atom. The van der Waals surface area contributed by atoms with Gasteiger partial charge in [0.15, 0.2) is 3.92 Å². The largest absolute Gasteiger partial charge is 0.393 e. The molecular formula is C8H12BrN3OS. The van der Waals surface area contributed by atoms with Crippen LogP contribution in [-0.4, -0.2) is 28.0 Å². The lowest BCUT2D eigenvalue weighted by Crippen LogP contribution is -2.21. The molecule has 0 saturated heterocycles. The zero-order valence-corrected chi connectivity index (χ0v) is 10.0. The molecule has 1 saturated carbocycles. The van der Waals surface area contributed by atoms with Gasteiger partial charge in [0.1, 0.15) is 0 Å². The van der Waals surface area contributed by atoms with Crippen LogP contribution in [0.3, 0.4) is 0 Å². The monoisotopic (exact) mass is 277 g/mol. The van der Waals surface area contributed by atoms with E-state index < -0.39 is 0 Å². The molecule has 4 nitrogen and oxygen atoms in total. The Hall–Kier alpha value is -0.200. The Labute approximate surface area is 94.9 Å². The molecule has 0 spiro atoms. The predicted molar refractivity (Wildman–Crippen MR) is 59.4 cm³/mol. The molecule has 1 aliphatic carbocycles. The standard InChI is InChI=1S/C8H12BrN3OS/c9-7-11-12-8(14-7)10-4-5-2-1-3-6(5)13/h5-6,13H,1-4H2,(H,10,12). The van der Waals surface area contributed by atoms with Gasteiger partial charge in [-0.1, -0.05) is 17.8 Å². The van der Waals surface area contributed by atoms with E-state index in [4.69, 9.17) is 0 Å². The second kappa shape index (κ2) is 4.55. The summed E-state index contributed by atoms with van der Waals surface area (Å²) in [6.07, 6.45) is 3.03. The molecule has 2 rings (SSSR count). The van der Waals surface area contributed by atoms with Crippen molar-refractivity contribution in [3.8, 4) is 0 Å². The third-order valence-electron chi connectivity index (χ3n) is 2.53. The molecule has 1 fully saturated rings. The summed E-state index contributed by atoms with van der Waals surface area (Å²) in [6, 6.07) is 0. The number of rotatable bonds is 3. The average molecular weight is 278 g/mol. The van der Waals surface area contributed by atoms with E-state index in [-0.39, 0.29) is 6.10 Å². The quantitative estimate of drug-likeness (QED) is 0.886. The van der Waals surface area contributed by atoms with Crippen LogP contribution in [0, 0.1) is 5.92 Å². The number of hydrogen-bond donors (Lipinski definition) is 2. The maximum atomic E-state index is 9.59. The van der Waals surface area contributed by atoms with Gasteiger partial charge >= 0.3 is 0 Å². The number of nitrogens with one attached hydrogen (secondary N) is 1. The number of aliphatic hydroxyl groups is 1. The number of hydrogen-bond acceptors (Lipinski definition) is 5. The third kappa shape index (κ3) is 2.43. The van der Waals surface area contributed by atoms with Crippen molar-refractivity contribution in [1.82, 2.24) is 10.2 Å². The van der Waals surface area contributed by atoms with Gasteiger partial charge in [0.05, 0.1) is 6.10 Å². The number of aromatic nitrogens is 2. The molecule has 1 aliphatic rings. The minimum Gasteiger partial charge on any atom is -0.393 e. The van der Waals surface area contributed by atoms with Crippen LogP contribution in [0.2, 0.25) is 0 Å². The fourth-order valence-corrected chi connectivity index (χ4v) is 2.77. The Morgan fingerprint density at radius 3 is 2.93 bits per heavy atom. The summed E-state index contributed by atoms with van der Waals surface area (Å²) in [4.78, 5) is 0. The Morgan fingerprint density at radius 1 is 1.50 bits per heavy atom. The molecular weight excluding hydrogens is 266 g/mol. The Kier molecular flexibility index (Phi) is 3.35. The second-order valence-electron chi connectivity index (χ2n) is 3.50. The van der Waals surface area contributed by atoms with Crippen molar-refractivity contribution in [2.24, 2.45) is 5.92 Å². The van der Waals surface area contributed by atoms with Crippen LogP contribution in [0.1, 0.15) is 19.3 Å². The van der Waals surface area contributed by atoms with Crippen molar-refractivity contribution >= 4 is 32.4 Å². The van der Waals surface area contributed by atoms with Gasteiger partial charge in [-0.25, -0.2) is 0 Å². The lowest BCUT2D eigenvalue weighted by atomic mass is 10.1. The topological polar surface area (TPSA) is 58.0 Å². The fourth-order valence-electron chi connectivity index (χ4n) is 1.75. The molecule has 0 bridgehead atoms. The van der Waals surface area contributed by atoms with Crippen LogP contribution in [0.25, 0.3) is 0 Å². The molecule has 78 valence electrons. The van der Waals surface area contributed by atoms with Gasteiger partial charge in [0, 0.05) is 12.5 Å². The lowest BCUT2D eigenvalue weighted by Gasteiger charge is -2.13. The predicted octanol–water partition coefficient (Wildman–Crippen LogP) is 1.87. The first-order chi connectivity index (χ1) is 6.75. The summed E-state index contributed by atoms with van der Waals surface area (Å²) in [5.41, 5.74) is 0. The highest BCUT2D eigenvalue weighted by atomic mass is 79.9. The maximum Gasteiger partial charge on any atom is 0.206 e. The lowest BCUT2D eigenvalue weighted by molar-refractivity contribution is 0.138. The number of anilines is 1. The number of nitrogens with zero attached hydrogens (tertiary/aromatic N) is 2. The van der Waals surface area contributed by atoms with Crippen LogP contribution in [0.4, 0.5) is 5.13 Å². The highest BCUT2D eigenvalue weighted by Gasteiger charge is 2.24. The normalized spacial score (nSPS) is 26.7. The molecule has 0 radical (unpaired) electrons. The van der Waals surface area contributed by atoms with E-state index in [1.807, 2.05) is 0 Å². The summed E-state index contributed by atoms with van der Waals surface area (Å²) in [6.45, 7) is 0.794. The van der Waals surface area contributed by atoms with Crippen molar-refractivity contribution in [2.75, 3.05) is 11.9 Å². The van der Waals surface area contributed by atoms with E-state index in [0.29, 0.717) is 5.92 Å². The molecule has 1 aromatic rings. The van der Waals surface area contributed by atoms with E-state index in [0.717, 1.165) is 34.9 Å². The highest BCUT2D eigenvalue weighted by molar-refractivity contribution is 9.11. The highest BCUT2D eigenvalue weighted by Crippen LogP contribution is 2.26. The first-order valence-electron chi connectivity index (χ1n) is 4.66. The number of aliphatic hydroxyl groups excluding tert-OH is 1. The molecule has 1 heterocycles. The molecule has 2 atom stereocenters. The first-order valence-corrected chi connectivity index (χ1v) is 6.27. The summed E-state index contributed by atoms with van der Waals surface area (Å²) in [7, 11) is 0. The van der Waals surface area contributed by atoms with Gasteiger partial charge < -0.3 is 10.4 Å². The summed E-state index contributed by atoms with van der Waals surface area (Å²) in [5.74, 6) is 0.373. The minimum atomic E-state index is -0.140. The van der Waals surface area contributed by atoms with Gasteiger partial charge in [-0.3, -0.25) is 0 Å². The molecule has 2 unspecified atom stereocenters. The summed E-state index contributed by atoms with van der Waals surface area (Å²) in [5, 5.41) is 21.4. The zero-order chi connectivity index (χ0) is 9.97. The van der Waals surface area contributed by atoms with Crippen LogP contribution in [-0.2, 0) is 0 Å². The van der Waals surface area contributed by atoms with E-state index in [2.05, 4.69) is 31.4 Å². The van der Waals surface area contributed by atoms with E-state index >= 15 is 0 Å². The molecule has 14 heavy (non-hydrogen) atoms. The Balaban J connectivity index is 1.82. The van der Waals surface area contributed by atoms with Crippen molar-refractivity contribution in [3.05, 3.63) is 3.92 Å². The van der Waals surface area contributed by atoms with Crippen molar-refractivity contribution < 1.29 is 5.11 Å². The molecule has 1 aromatic heterocycles. The zero-order valence-electron chi connectivity index (χ0n) is 7.61. The maximum absolute atomic E-state index is 9.59. The van der Waals surface area contributed by atoms with Gasteiger partial charge in [0.2, 0.25) is 5.13 Å². The van der Waals surface area contributed by atoms with Crippen molar-refractivity contribution in [3.63, 3.8) is 0 Å². The van der Waals surface area contributed by atoms with Gasteiger partial charge in [-0.15, -0.1) is 10.2 Å². The fraction of sp³-hybridized carbons (Fsp3) is 0.750. The summed E-state index contributed by atoms with van der Waals surface area (Å²) >= 11 is 4.73. The van der Waals surface area contributed by atoms with Crippen molar-refractivity contribution in [1.29, 1.82) is 0 Å². The average Bonchev–Trinajstić information content (AvgIpc) is 2.72. The molecule has 0 aliphatic heterocycles. The van der Waals surface area contributed by atoms with E-state index in [9.17, 15) is 5.11 Å². The van der Waals surface area contributed by atoms with Crippen LogP contribution >= 0.6 is 27.3 Å². The van der Waals surface area contributed by atoms with Crippen LogP contribution < -0.4 is 5.32 Å². The minimum absolute atomic E-state index is 0.140. The van der Waals surface area contributed by atoms with E-state index in [1.165, 1.54) is 11.3 Å². The second-order valence-corrected chi connectivity index (χ2v) is 5.75. The molecule has 6 heteroatoms. The van der Waals surface area contributed by atoms with Crippen LogP contribution in [0.15, 0.2) is 3.92 Å². The van der Waals surface area contributed by atoms with Gasteiger partial charge in [-0.2, -0.15) is 0 Å². The Bertz CT molecular complexity index is 307. The molecule has 0 amide bonds. The third-order valence-corrected chi connectivity index (χ3v) is 3.85. The smallest absolute Gasteiger partial charge is 0.206 e. The first kappa shape index (κ1) is 10.3. The summed E-state index contributed by atoms with van der Waals surface area (Å²) < 4.78 is 0.784. The van der Waals surface area contributed by atoms with E-state index in [1.54, 1.807) is 0 Å². The molecule has 0 aromatic carbocycles. The number of halogens is 1. The van der Waals surface area contributed by atoms with Crippen molar-refractivity contribution in [2.45, 2.75) is 25.4 Å². The van der Waals surface area contributed by atoms with Gasteiger partial charge in [-0.05, 0) is 28.8 Å². The van der Waals surface area contributed by atoms with Gasteiger partial charge in [0.25, 0.3) is 0 Å². The van der Waals surface area contributed by atoms with Crippen LogP contribution in [0.5, 0.6) is 0 Å².